The first kappa shape index (κ1) is 15.0. The minimum absolute atomic E-state index is 0.276. The van der Waals surface area contributed by atoms with Crippen molar-refractivity contribution in [2.75, 3.05) is 39.8 Å². The van der Waals surface area contributed by atoms with Crippen LogP contribution in [-0.2, 0) is 4.74 Å². The Morgan fingerprint density at radius 3 is 2.62 bits per heavy atom. The molecular formula is C17H27N3O. The van der Waals surface area contributed by atoms with E-state index in [1.807, 2.05) is 0 Å². The molecule has 1 aromatic carbocycles. The summed E-state index contributed by atoms with van der Waals surface area (Å²) in [7, 11) is 2.21. The van der Waals surface area contributed by atoms with Crippen LogP contribution in [0, 0.1) is 0 Å². The molecule has 116 valence electrons. The molecule has 0 aliphatic carbocycles. The molecule has 3 unspecified atom stereocenters. The monoisotopic (exact) mass is 289 g/mol. The van der Waals surface area contributed by atoms with Gasteiger partial charge < -0.3 is 15.4 Å². The van der Waals surface area contributed by atoms with E-state index in [9.17, 15) is 0 Å². The molecule has 2 saturated heterocycles. The van der Waals surface area contributed by atoms with Crippen LogP contribution in [0.3, 0.4) is 0 Å². The van der Waals surface area contributed by atoms with Gasteiger partial charge in [-0.05, 0) is 25.5 Å². The number of nitrogens with zero attached hydrogens (tertiary/aromatic N) is 2. The molecule has 0 bridgehead atoms. The number of ether oxygens (including phenoxy) is 1. The second-order valence-electron chi connectivity index (χ2n) is 6.38. The highest BCUT2D eigenvalue weighted by atomic mass is 16.5. The Balaban J connectivity index is 1.67. The number of likely N-dealkylation sites (N-methyl/N-ethyl adjacent to an activating group) is 1. The Kier molecular flexibility index (Phi) is 4.91. The van der Waals surface area contributed by atoms with Crippen LogP contribution in [0.15, 0.2) is 30.3 Å². The average molecular weight is 289 g/mol. The van der Waals surface area contributed by atoms with E-state index in [-0.39, 0.29) is 6.10 Å². The van der Waals surface area contributed by atoms with E-state index in [1.54, 1.807) is 0 Å². The molecule has 0 aromatic heterocycles. The molecule has 2 heterocycles. The van der Waals surface area contributed by atoms with Crippen LogP contribution >= 0.6 is 0 Å². The first-order valence-electron chi connectivity index (χ1n) is 8.09. The lowest BCUT2D eigenvalue weighted by atomic mass is 10.0. The van der Waals surface area contributed by atoms with Gasteiger partial charge in [0.15, 0.2) is 0 Å². The number of benzene rings is 1. The molecular weight excluding hydrogens is 262 g/mol. The normalized spacial score (nSPS) is 31.6. The number of piperazine rings is 1. The summed E-state index contributed by atoms with van der Waals surface area (Å²) in [6.07, 6.45) is 2.89. The maximum Gasteiger partial charge on any atom is 0.0707 e. The van der Waals surface area contributed by atoms with Crippen LogP contribution in [0.2, 0.25) is 0 Å². The molecule has 3 atom stereocenters. The predicted octanol–water partition coefficient (Wildman–Crippen LogP) is 1.48. The average Bonchev–Trinajstić information content (AvgIpc) is 2.98. The van der Waals surface area contributed by atoms with E-state index in [0.29, 0.717) is 18.7 Å². The van der Waals surface area contributed by atoms with Gasteiger partial charge in [-0.1, -0.05) is 30.3 Å². The third kappa shape index (κ3) is 3.64. The summed E-state index contributed by atoms with van der Waals surface area (Å²) in [5.74, 6) is 0. The zero-order chi connectivity index (χ0) is 14.7. The van der Waals surface area contributed by atoms with Crippen molar-refractivity contribution in [3.05, 3.63) is 35.9 Å². The summed E-state index contributed by atoms with van der Waals surface area (Å²) in [5, 5.41) is 0. The van der Waals surface area contributed by atoms with Crippen molar-refractivity contribution in [1.29, 1.82) is 0 Å². The van der Waals surface area contributed by atoms with Crippen LogP contribution in [0.5, 0.6) is 0 Å². The van der Waals surface area contributed by atoms with E-state index in [1.165, 1.54) is 5.56 Å². The molecule has 2 aliphatic heterocycles. The van der Waals surface area contributed by atoms with Crippen molar-refractivity contribution < 1.29 is 4.74 Å². The molecule has 0 radical (unpaired) electrons. The number of rotatable bonds is 4. The van der Waals surface area contributed by atoms with Crippen LogP contribution < -0.4 is 5.73 Å². The first-order valence-corrected chi connectivity index (χ1v) is 8.09. The third-order valence-corrected chi connectivity index (χ3v) is 4.78. The molecule has 2 N–H and O–H groups in total. The van der Waals surface area contributed by atoms with Gasteiger partial charge in [-0.2, -0.15) is 0 Å². The van der Waals surface area contributed by atoms with Gasteiger partial charge in [-0.25, -0.2) is 0 Å². The van der Waals surface area contributed by atoms with Gasteiger partial charge in [0.25, 0.3) is 0 Å². The fourth-order valence-electron chi connectivity index (χ4n) is 3.52. The fourth-order valence-corrected chi connectivity index (χ4v) is 3.52. The number of hydrogen-bond donors (Lipinski definition) is 1. The summed E-state index contributed by atoms with van der Waals surface area (Å²) in [6, 6.07) is 11.3. The smallest absolute Gasteiger partial charge is 0.0707 e. The van der Waals surface area contributed by atoms with Gasteiger partial charge in [0.2, 0.25) is 0 Å². The minimum atomic E-state index is 0.276. The van der Waals surface area contributed by atoms with Crippen LogP contribution in [0.4, 0.5) is 0 Å². The van der Waals surface area contributed by atoms with Crippen molar-refractivity contribution in [1.82, 2.24) is 9.80 Å². The van der Waals surface area contributed by atoms with Crippen LogP contribution in [0.25, 0.3) is 0 Å². The molecule has 4 heteroatoms. The van der Waals surface area contributed by atoms with Gasteiger partial charge >= 0.3 is 0 Å². The molecule has 0 saturated carbocycles. The van der Waals surface area contributed by atoms with E-state index in [2.05, 4.69) is 47.2 Å². The van der Waals surface area contributed by atoms with E-state index < -0.39 is 0 Å². The van der Waals surface area contributed by atoms with Gasteiger partial charge in [0.1, 0.15) is 0 Å². The summed E-state index contributed by atoms with van der Waals surface area (Å²) >= 11 is 0. The summed E-state index contributed by atoms with van der Waals surface area (Å²) in [5.41, 5.74) is 7.13. The Morgan fingerprint density at radius 1 is 1.14 bits per heavy atom. The Bertz CT molecular complexity index is 439. The van der Waals surface area contributed by atoms with Gasteiger partial charge in [-0.15, -0.1) is 0 Å². The van der Waals surface area contributed by atoms with Crippen molar-refractivity contribution in [3.63, 3.8) is 0 Å². The van der Waals surface area contributed by atoms with E-state index in [4.69, 9.17) is 10.5 Å². The highest BCUT2D eigenvalue weighted by Crippen LogP contribution is 2.28. The quantitative estimate of drug-likeness (QED) is 0.912. The largest absolute Gasteiger partial charge is 0.372 e. The highest BCUT2D eigenvalue weighted by molar-refractivity contribution is 5.20. The second-order valence-corrected chi connectivity index (χ2v) is 6.38. The zero-order valence-corrected chi connectivity index (χ0v) is 12.9. The molecule has 4 nitrogen and oxygen atoms in total. The summed E-state index contributed by atoms with van der Waals surface area (Å²) < 4.78 is 6.04. The predicted molar refractivity (Wildman–Crippen MR) is 85.2 cm³/mol. The van der Waals surface area contributed by atoms with E-state index in [0.717, 1.165) is 39.0 Å². The molecule has 1 aromatic rings. The standard InChI is InChI=1S/C17H27N3O/c1-19-9-10-20(12-16-8-7-15(11-18)21-16)17(13-19)14-5-3-2-4-6-14/h2-6,15-17H,7-13,18H2,1H3. The van der Waals surface area contributed by atoms with Gasteiger partial charge in [-0.3, -0.25) is 4.90 Å². The zero-order valence-electron chi connectivity index (χ0n) is 12.9. The fraction of sp³-hybridized carbons (Fsp3) is 0.647. The molecule has 0 spiro atoms. The lowest BCUT2D eigenvalue weighted by molar-refractivity contribution is -0.000341. The second kappa shape index (κ2) is 6.88. The van der Waals surface area contributed by atoms with E-state index >= 15 is 0 Å². The minimum Gasteiger partial charge on any atom is -0.372 e. The molecule has 2 aliphatic rings. The SMILES string of the molecule is CN1CCN(CC2CCC(CN)O2)C(c2ccccc2)C1. The lowest BCUT2D eigenvalue weighted by Crippen LogP contribution is -2.49. The van der Waals surface area contributed by atoms with Gasteiger partial charge in [0, 0.05) is 38.8 Å². The van der Waals surface area contributed by atoms with Crippen molar-refractivity contribution in [3.8, 4) is 0 Å². The molecule has 0 amide bonds. The van der Waals surface area contributed by atoms with Crippen LogP contribution in [-0.4, -0.2) is 61.8 Å². The first-order chi connectivity index (χ1) is 10.3. The maximum atomic E-state index is 6.04. The lowest BCUT2D eigenvalue weighted by Gasteiger charge is -2.41. The number of hydrogen-bond acceptors (Lipinski definition) is 4. The Morgan fingerprint density at radius 2 is 1.90 bits per heavy atom. The maximum absolute atomic E-state index is 6.04. The Hall–Kier alpha value is -0.940. The molecule has 2 fully saturated rings. The summed E-state index contributed by atoms with van der Waals surface area (Å²) in [4.78, 5) is 5.02. The molecule has 21 heavy (non-hydrogen) atoms. The topological polar surface area (TPSA) is 41.7 Å². The van der Waals surface area contributed by atoms with Crippen molar-refractivity contribution in [2.24, 2.45) is 5.73 Å². The number of nitrogens with two attached hydrogens (primary N) is 1. The Labute approximate surface area is 127 Å². The summed E-state index contributed by atoms with van der Waals surface area (Å²) in [6.45, 7) is 5.03. The molecule has 3 rings (SSSR count). The highest BCUT2D eigenvalue weighted by Gasteiger charge is 2.31. The third-order valence-electron chi connectivity index (χ3n) is 4.78. The van der Waals surface area contributed by atoms with Crippen molar-refractivity contribution in [2.45, 2.75) is 31.1 Å². The van der Waals surface area contributed by atoms with Crippen molar-refractivity contribution >= 4 is 0 Å². The van der Waals surface area contributed by atoms with Crippen LogP contribution in [0.1, 0.15) is 24.4 Å². The van der Waals surface area contributed by atoms with Gasteiger partial charge in [0.05, 0.1) is 12.2 Å².